The van der Waals surface area contributed by atoms with Crippen molar-refractivity contribution in [1.29, 1.82) is 5.26 Å². The minimum absolute atomic E-state index is 0.173. The van der Waals surface area contributed by atoms with Gasteiger partial charge in [-0.1, -0.05) is 291 Å². The van der Waals surface area contributed by atoms with E-state index in [1.54, 1.807) is 0 Å². The number of nitrogens with zero attached hydrogens (tertiary/aromatic N) is 15. The Bertz CT molecular complexity index is 6160. The predicted molar refractivity (Wildman–Crippen MR) is 444 cm³/mol. The molecule has 0 spiro atoms. The molecule has 20 aromatic rings. The second-order valence-corrected chi connectivity index (χ2v) is 27.4. The molecule has 0 amide bonds. The van der Waals surface area contributed by atoms with Gasteiger partial charge in [0.1, 0.15) is 23.3 Å². The molecule has 15 nitrogen and oxygen atoms in total. The van der Waals surface area contributed by atoms with Crippen LogP contribution in [-0.4, -0.2) is 68.9 Å². The number of benzene rings is 14. The smallest absolute Gasteiger partial charge is 0.164 e. The van der Waals surface area contributed by atoms with Crippen molar-refractivity contribution in [3.8, 4) is 165 Å². The Labute approximate surface area is 651 Å². The van der Waals surface area contributed by atoms with Crippen molar-refractivity contribution in [1.82, 2.24) is 68.9 Å². The van der Waals surface area contributed by atoms with E-state index in [0.717, 1.165) is 72.1 Å². The van der Waals surface area contributed by atoms with Crippen LogP contribution in [0.1, 0.15) is 5.56 Å². The predicted octanol–water partition coefficient (Wildman–Crippen LogP) is 22.4. The fourth-order valence-corrected chi connectivity index (χ4v) is 14.8. The molecule has 17 heteroatoms. The summed E-state index contributed by atoms with van der Waals surface area (Å²) in [5, 5.41) is 15.9. The van der Waals surface area contributed by atoms with Gasteiger partial charge in [0.05, 0.1) is 33.4 Å². The molecule has 6 heterocycles. The maximum Gasteiger partial charge on any atom is 0.164 e. The number of fused-ring (bicyclic) bond motifs is 6. The lowest BCUT2D eigenvalue weighted by atomic mass is 9.99. The Kier molecular flexibility index (Phi) is 16.9. The minimum Gasteiger partial charge on any atom is -0.308 e. The molecule has 0 atom stereocenters. The first kappa shape index (κ1) is 67.4. The summed E-state index contributed by atoms with van der Waals surface area (Å²) in [7, 11) is 0. The molecule has 0 saturated carbocycles. The van der Waals surface area contributed by atoms with Gasteiger partial charge in [0, 0.05) is 94.4 Å². The Morgan fingerprint density at radius 1 is 0.193 bits per heavy atom. The van der Waals surface area contributed by atoms with E-state index in [2.05, 4.69) is 6.07 Å². The second-order valence-electron chi connectivity index (χ2n) is 27.4. The van der Waals surface area contributed by atoms with Crippen molar-refractivity contribution < 1.29 is 8.78 Å². The van der Waals surface area contributed by atoms with Crippen LogP contribution in [0, 0.1) is 23.0 Å². The molecule has 114 heavy (non-hydrogen) atoms. The van der Waals surface area contributed by atoms with Crippen molar-refractivity contribution in [2.45, 2.75) is 0 Å². The molecule has 0 aliphatic rings. The first-order valence-electron chi connectivity index (χ1n) is 36.9. The van der Waals surface area contributed by atoms with Gasteiger partial charge in [-0.15, -0.1) is 0 Å². The Balaban J connectivity index is 0.897. The maximum atomic E-state index is 16.4. The first-order chi connectivity index (χ1) is 56.2. The van der Waals surface area contributed by atoms with Gasteiger partial charge in [-0.3, -0.25) is 0 Å². The summed E-state index contributed by atoms with van der Waals surface area (Å²) < 4.78 is 36.9. The average Bonchev–Trinajstić information content (AvgIpc) is 1.56. The van der Waals surface area contributed by atoms with Crippen LogP contribution in [0.25, 0.3) is 203 Å². The lowest BCUT2D eigenvalue weighted by Gasteiger charge is -2.19. The third-order valence-electron chi connectivity index (χ3n) is 20.3. The highest BCUT2D eigenvalue weighted by Crippen LogP contribution is 2.45. The summed E-state index contributed by atoms with van der Waals surface area (Å²) in [6, 6.07) is 112. The summed E-state index contributed by atoms with van der Waals surface area (Å²) in [6.07, 6.45) is 0. The fourth-order valence-electron chi connectivity index (χ4n) is 14.8. The molecule has 20 rings (SSSR count). The maximum absolute atomic E-state index is 16.4. The molecule has 14 aromatic carbocycles. The highest BCUT2D eigenvalue weighted by Gasteiger charge is 2.28. The molecule has 0 saturated heterocycles. The lowest BCUT2D eigenvalue weighted by molar-refractivity contribution is 0.584. The third kappa shape index (κ3) is 12.6. The molecule has 0 aliphatic carbocycles. The number of hydrogen-bond acceptors (Lipinski definition) is 13. The van der Waals surface area contributed by atoms with Gasteiger partial charge in [0.15, 0.2) is 69.9 Å². The SMILES string of the molecule is N#Cc1c(-n2c3cc(-c4nc(-c5ccccc5)nc(-c5ccccc5)n4)ccc3c3ccc(-c4nc(-c5ccccc5)nc(-c5ccccc5)n4)cc32)cc(-c2cc(F)cc(F)c2)cc1-n1c2cc(-c3nc(-c4ccccc4)nc(-c4ccccc4)n3)ccc2c2ccc(-c3nc(-c4ccccc4)nc(-c4ccccc4)n3)cc21. The highest BCUT2D eigenvalue weighted by atomic mass is 19.1. The van der Waals surface area contributed by atoms with Gasteiger partial charge in [-0.25, -0.2) is 68.6 Å². The number of halogens is 2. The van der Waals surface area contributed by atoms with Crippen LogP contribution < -0.4 is 0 Å². The topological polar surface area (TPSA) is 188 Å². The zero-order valence-corrected chi connectivity index (χ0v) is 60.4. The summed E-state index contributed by atoms with van der Waals surface area (Å²) in [4.78, 5) is 62.0. The van der Waals surface area contributed by atoms with Crippen LogP contribution in [0.5, 0.6) is 0 Å². The van der Waals surface area contributed by atoms with Crippen LogP contribution in [0.2, 0.25) is 0 Å². The molecule has 0 unspecified atom stereocenters. The molecule has 534 valence electrons. The van der Waals surface area contributed by atoms with Crippen LogP contribution in [0.4, 0.5) is 8.78 Å². The van der Waals surface area contributed by atoms with Crippen LogP contribution >= 0.6 is 0 Å². The van der Waals surface area contributed by atoms with E-state index < -0.39 is 11.6 Å². The fraction of sp³-hybridized carbons (Fsp3) is 0. The van der Waals surface area contributed by atoms with Gasteiger partial charge in [0.2, 0.25) is 0 Å². The number of rotatable bonds is 15. The number of hydrogen-bond donors (Lipinski definition) is 0. The van der Waals surface area contributed by atoms with E-state index in [-0.39, 0.29) is 11.1 Å². The second kappa shape index (κ2) is 28.6. The quantitative estimate of drug-likeness (QED) is 0.0944. The van der Waals surface area contributed by atoms with Crippen molar-refractivity contribution in [3.63, 3.8) is 0 Å². The van der Waals surface area contributed by atoms with E-state index in [4.69, 9.17) is 59.8 Å². The van der Waals surface area contributed by atoms with Crippen molar-refractivity contribution >= 4 is 43.6 Å². The first-order valence-corrected chi connectivity index (χ1v) is 36.9. The Morgan fingerprint density at radius 2 is 0.377 bits per heavy atom. The van der Waals surface area contributed by atoms with Crippen molar-refractivity contribution in [2.24, 2.45) is 0 Å². The van der Waals surface area contributed by atoms with E-state index in [0.29, 0.717) is 131 Å². The Morgan fingerprint density at radius 3 is 0.570 bits per heavy atom. The van der Waals surface area contributed by atoms with Gasteiger partial charge in [-0.2, -0.15) is 5.26 Å². The molecule has 0 radical (unpaired) electrons. The average molecular weight is 1470 g/mol. The monoisotopic (exact) mass is 1470 g/mol. The van der Waals surface area contributed by atoms with Crippen LogP contribution in [0.15, 0.2) is 346 Å². The molecule has 0 bridgehead atoms. The van der Waals surface area contributed by atoms with Crippen LogP contribution in [0.3, 0.4) is 0 Å². The van der Waals surface area contributed by atoms with Gasteiger partial charge in [0.25, 0.3) is 0 Å². The summed E-state index contributed by atoms with van der Waals surface area (Å²) in [5.74, 6) is 3.61. The van der Waals surface area contributed by atoms with Gasteiger partial charge in [-0.05, 0) is 59.7 Å². The third-order valence-corrected chi connectivity index (χ3v) is 20.3. The standard InChI is InChI=1S/C97H57F2N15/c98-73-49-71(50-74(99)57-73)72-55-84(113-80-51-67(94-105-86(59-25-9-1-10-26-59)101-87(106-94)60-27-11-2-12-28-60)41-45-75(80)76-46-42-68(52-81(76)113)95-107-88(61-29-13-3-14-30-61)102-89(108-95)62-31-15-4-16-32-62)79(58-100)85(56-72)114-82-53-69(96-109-90(63-33-17-5-18-34-63)103-91(110-96)64-35-19-6-20-36-64)43-47-77(82)78-48-44-70(54-83(78)114)97-111-92(65-37-21-7-22-38-65)104-93(112-97)66-39-23-8-24-40-66/h1-57H. The zero-order valence-electron chi connectivity index (χ0n) is 60.4. The number of aromatic nitrogens is 14. The van der Waals surface area contributed by atoms with Gasteiger partial charge < -0.3 is 9.13 Å². The van der Waals surface area contributed by atoms with Crippen molar-refractivity contribution in [2.75, 3.05) is 0 Å². The zero-order chi connectivity index (χ0) is 76.2. The van der Waals surface area contributed by atoms with E-state index >= 15 is 8.78 Å². The van der Waals surface area contributed by atoms with E-state index in [1.807, 2.05) is 337 Å². The molecule has 0 N–H and O–H groups in total. The molecular weight excluding hydrogens is 1410 g/mol. The summed E-state index contributed by atoms with van der Waals surface area (Å²) >= 11 is 0. The summed E-state index contributed by atoms with van der Waals surface area (Å²) in [5.41, 5.74) is 12.7. The normalized spacial score (nSPS) is 11.4. The largest absolute Gasteiger partial charge is 0.308 e. The van der Waals surface area contributed by atoms with Gasteiger partial charge >= 0.3 is 0 Å². The molecule has 0 aliphatic heterocycles. The number of nitriles is 1. The lowest BCUT2D eigenvalue weighted by Crippen LogP contribution is -2.06. The Hall–Kier alpha value is -15.9. The van der Waals surface area contributed by atoms with Crippen LogP contribution in [-0.2, 0) is 0 Å². The minimum atomic E-state index is -0.803. The van der Waals surface area contributed by atoms with Crippen molar-refractivity contribution in [3.05, 3.63) is 363 Å². The van der Waals surface area contributed by atoms with E-state index in [1.165, 1.54) is 12.1 Å². The molecule has 6 aromatic heterocycles. The molecular formula is C97H57F2N15. The summed E-state index contributed by atoms with van der Waals surface area (Å²) in [6.45, 7) is 0. The van der Waals surface area contributed by atoms with E-state index in [9.17, 15) is 5.26 Å². The highest BCUT2D eigenvalue weighted by molar-refractivity contribution is 6.13. The molecule has 0 fully saturated rings.